The van der Waals surface area contributed by atoms with Gasteiger partial charge in [-0.2, -0.15) is 26.3 Å². The van der Waals surface area contributed by atoms with Crippen LogP contribution in [0.2, 0.25) is 0 Å². The smallest absolute Gasteiger partial charge is 0.366 e. The number of halogens is 6. The summed E-state index contributed by atoms with van der Waals surface area (Å²) < 4.78 is 75.8. The minimum absolute atomic E-state index is 0.217. The first kappa shape index (κ1) is 15.4. The van der Waals surface area contributed by atoms with Crippen LogP contribution in [0.4, 0.5) is 37.7 Å². The van der Waals surface area contributed by atoms with Crippen LogP contribution < -0.4 is 5.32 Å². The summed E-state index contributed by atoms with van der Waals surface area (Å²) in [6.45, 7) is 0. The van der Waals surface area contributed by atoms with E-state index in [4.69, 9.17) is 0 Å². The van der Waals surface area contributed by atoms with Crippen molar-refractivity contribution in [2.45, 2.75) is 30.7 Å². The van der Waals surface area contributed by atoms with Crippen LogP contribution in [0, 0.1) is 10.1 Å². The zero-order chi connectivity index (χ0) is 16.1. The van der Waals surface area contributed by atoms with Crippen LogP contribution in [-0.4, -0.2) is 16.6 Å². The van der Waals surface area contributed by atoms with E-state index in [0.717, 1.165) is 0 Å². The van der Waals surface area contributed by atoms with Crippen molar-refractivity contribution in [2.24, 2.45) is 0 Å². The van der Waals surface area contributed by atoms with Crippen molar-refractivity contribution in [2.75, 3.05) is 5.32 Å². The molecule has 2 rings (SSSR count). The molecule has 0 radical (unpaired) electrons. The van der Waals surface area contributed by atoms with Crippen molar-refractivity contribution >= 4 is 11.4 Å². The predicted molar refractivity (Wildman–Crippen MR) is 59.7 cm³/mol. The second-order valence-corrected chi connectivity index (χ2v) is 4.69. The Balaban J connectivity index is 2.39. The van der Waals surface area contributed by atoms with Crippen LogP contribution in [0.25, 0.3) is 0 Å². The van der Waals surface area contributed by atoms with E-state index in [1.807, 2.05) is 5.32 Å². The highest BCUT2D eigenvalue weighted by Gasteiger charge is 2.64. The van der Waals surface area contributed by atoms with Gasteiger partial charge in [0.2, 0.25) is 0 Å². The molecule has 1 aliphatic carbocycles. The lowest BCUT2D eigenvalue weighted by Gasteiger charge is -2.22. The molecule has 0 unspecified atom stereocenters. The molecule has 1 saturated carbocycles. The third-order valence-electron chi connectivity index (χ3n) is 3.19. The van der Waals surface area contributed by atoms with Gasteiger partial charge in [0, 0.05) is 6.07 Å². The van der Waals surface area contributed by atoms with E-state index in [0.29, 0.717) is 12.1 Å². The highest BCUT2D eigenvalue weighted by Crippen LogP contribution is 2.52. The number of hydrogen-bond acceptors (Lipinski definition) is 3. The van der Waals surface area contributed by atoms with E-state index >= 15 is 0 Å². The first-order valence-corrected chi connectivity index (χ1v) is 5.67. The normalized spacial score (nSPS) is 17.4. The van der Waals surface area contributed by atoms with Crippen molar-refractivity contribution in [3.8, 4) is 0 Å². The number of nitro groups is 1. The van der Waals surface area contributed by atoms with Gasteiger partial charge in [0.15, 0.2) is 0 Å². The van der Waals surface area contributed by atoms with Gasteiger partial charge in [0.1, 0.15) is 11.2 Å². The van der Waals surface area contributed by atoms with Crippen LogP contribution >= 0.6 is 0 Å². The number of benzene rings is 1. The van der Waals surface area contributed by atoms with Gasteiger partial charge >= 0.3 is 12.4 Å². The third kappa shape index (κ3) is 2.88. The fraction of sp³-hybridized carbons (Fsp3) is 0.455. The number of nitrogens with zero attached hydrogens (tertiary/aromatic N) is 1. The lowest BCUT2D eigenvalue weighted by molar-refractivity contribution is -0.384. The summed E-state index contributed by atoms with van der Waals surface area (Å²) in [7, 11) is 0. The Hall–Kier alpha value is -2.00. The van der Waals surface area contributed by atoms with Crippen molar-refractivity contribution < 1.29 is 31.3 Å². The minimum atomic E-state index is -4.81. The number of nitro benzene ring substituents is 1. The van der Waals surface area contributed by atoms with Crippen LogP contribution in [0.3, 0.4) is 0 Å². The summed E-state index contributed by atoms with van der Waals surface area (Å²) in [5, 5.41) is 12.7. The first-order chi connectivity index (χ1) is 9.46. The molecular formula is C11H8F6N2O2. The summed E-state index contributed by atoms with van der Waals surface area (Å²) in [4.78, 5) is 9.63. The second kappa shape index (κ2) is 4.50. The highest BCUT2D eigenvalue weighted by molar-refractivity contribution is 5.65. The van der Waals surface area contributed by atoms with Crippen LogP contribution in [0.15, 0.2) is 18.2 Å². The Labute approximate surface area is 113 Å². The van der Waals surface area contributed by atoms with Gasteiger partial charge in [0.25, 0.3) is 5.69 Å². The van der Waals surface area contributed by atoms with Gasteiger partial charge in [-0.25, -0.2) is 0 Å². The maximum absolute atomic E-state index is 12.8. The molecule has 1 aliphatic rings. The van der Waals surface area contributed by atoms with E-state index in [1.165, 1.54) is 0 Å². The zero-order valence-electron chi connectivity index (χ0n) is 10.2. The lowest BCUT2D eigenvalue weighted by atomic mass is 10.1. The standard InChI is InChI=1S/C11H8F6N2O2/c12-10(13,14)6-1-2-7(8(5-6)19(20)21)18-9(3-4-9)11(15,16)17/h1-2,5,18H,3-4H2. The van der Waals surface area contributed by atoms with Gasteiger partial charge in [-0.15, -0.1) is 0 Å². The quantitative estimate of drug-likeness (QED) is 0.519. The Morgan fingerprint density at radius 1 is 1.14 bits per heavy atom. The summed E-state index contributed by atoms with van der Waals surface area (Å²) in [6.07, 6.45) is -10.0. The van der Waals surface area contributed by atoms with Crippen molar-refractivity contribution in [3.05, 3.63) is 33.9 Å². The number of anilines is 1. The van der Waals surface area contributed by atoms with E-state index < -0.39 is 39.8 Å². The predicted octanol–water partition coefficient (Wildman–Crippen LogP) is 4.12. The van der Waals surface area contributed by atoms with Gasteiger partial charge in [0.05, 0.1) is 10.5 Å². The number of hydrogen-bond donors (Lipinski definition) is 1. The van der Waals surface area contributed by atoms with E-state index in [1.54, 1.807) is 0 Å². The lowest BCUT2D eigenvalue weighted by Crippen LogP contribution is -2.38. The number of rotatable bonds is 3. The Kier molecular flexibility index (Phi) is 3.30. The highest BCUT2D eigenvalue weighted by atomic mass is 19.4. The summed E-state index contributed by atoms with van der Waals surface area (Å²) in [5.41, 5.74) is -5.21. The molecule has 0 spiro atoms. The number of nitrogens with one attached hydrogen (secondary N) is 1. The largest absolute Gasteiger partial charge is 0.416 e. The molecule has 0 aromatic heterocycles. The average Bonchev–Trinajstić information content (AvgIpc) is 3.08. The SMILES string of the molecule is O=[N+]([O-])c1cc(C(F)(F)F)ccc1NC1(C(F)(F)F)CC1. The van der Waals surface area contributed by atoms with E-state index in [2.05, 4.69) is 0 Å². The Morgan fingerprint density at radius 3 is 2.10 bits per heavy atom. The molecule has 1 aromatic rings. The average molecular weight is 314 g/mol. The molecule has 0 saturated heterocycles. The van der Waals surface area contributed by atoms with Crippen LogP contribution in [0.1, 0.15) is 18.4 Å². The zero-order valence-corrected chi connectivity index (χ0v) is 10.2. The molecule has 0 aliphatic heterocycles. The van der Waals surface area contributed by atoms with Gasteiger partial charge in [-0.3, -0.25) is 10.1 Å². The molecule has 0 heterocycles. The molecule has 0 amide bonds. The minimum Gasteiger partial charge on any atom is -0.366 e. The van der Waals surface area contributed by atoms with E-state index in [9.17, 15) is 36.5 Å². The maximum atomic E-state index is 12.8. The van der Waals surface area contributed by atoms with Gasteiger partial charge in [-0.1, -0.05) is 0 Å². The van der Waals surface area contributed by atoms with Crippen LogP contribution in [0.5, 0.6) is 0 Å². The van der Waals surface area contributed by atoms with Gasteiger partial charge in [-0.05, 0) is 25.0 Å². The molecule has 1 fully saturated rings. The first-order valence-electron chi connectivity index (χ1n) is 5.67. The second-order valence-electron chi connectivity index (χ2n) is 4.69. The van der Waals surface area contributed by atoms with Crippen molar-refractivity contribution in [3.63, 3.8) is 0 Å². The molecule has 1 N–H and O–H groups in total. The third-order valence-corrected chi connectivity index (χ3v) is 3.19. The molecular weight excluding hydrogens is 306 g/mol. The fourth-order valence-electron chi connectivity index (χ4n) is 1.83. The molecule has 1 aromatic carbocycles. The summed E-state index contributed by atoms with van der Waals surface area (Å²) >= 11 is 0. The molecule has 0 atom stereocenters. The van der Waals surface area contributed by atoms with Crippen molar-refractivity contribution in [1.82, 2.24) is 0 Å². The molecule has 116 valence electrons. The summed E-state index contributed by atoms with van der Waals surface area (Å²) in [5.74, 6) is 0. The van der Waals surface area contributed by atoms with E-state index in [-0.39, 0.29) is 18.9 Å². The summed E-state index contributed by atoms with van der Waals surface area (Å²) in [6, 6.07) is 1.36. The molecule has 10 heteroatoms. The van der Waals surface area contributed by atoms with Crippen LogP contribution in [-0.2, 0) is 6.18 Å². The van der Waals surface area contributed by atoms with Gasteiger partial charge < -0.3 is 5.32 Å². The molecule has 21 heavy (non-hydrogen) atoms. The topological polar surface area (TPSA) is 55.2 Å². The molecule has 4 nitrogen and oxygen atoms in total. The maximum Gasteiger partial charge on any atom is 0.416 e. The Bertz CT molecular complexity index is 577. The monoisotopic (exact) mass is 314 g/mol. The van der Waals surface area contributed by atoms with Crippen molar-refractivity contribution in [1.29, 1.82) is 0 Å². The number of alkyl halides is 6. The molecule has 0 bridgehead atoms. The Morgan fingerprint density at radius 2 is 1.71 bits per heavy atom. The fourth-order valence-corrected chi connectivity index (χ4v) is 1.83.